The zero-order valence-corrected chi connectivity index (χ0v) is 21.5. The van der Waals surface area contributed by atoms with Crippen molar-refractivity contribution in [1.29, 1.82) is 0 Å². The second-order valence-corrected chi connectivity index (χ2v) is 10.4. The number of ether oxygens (including phenoxy) is 2. The molecule has 0 N–H and O–H groups in total. The summed E-state index contributed by atoms with van der Waals surface area (Å²) in [7, 11) is 3.34. The van der Waals surface area contributed by atoms with Crippen LogP contribution >= 0.6 is 11.3 Å². The third kappa shape index (κ3) is 4.28. The molecule has 2 aliphatic rings. The lowest BCUT2D eigenvalue weighted by Gasteiger charge is -2.39. The minimum absolute atomic E-state index is 0.0714. The summed E-state index contributed by atoms with van der Waals surface area (Å²) in [6.07, 6.45) is 4.71. The van der Waals surface area contributed by atoms with E-state index in [-0.39, 0.29) is 6.04 Å². The fraction of sp³-hybridized carbons (Fsp3) is 0.462. The van der Waals surface area contributed by atoms with Crippen molar-refractivity contribution in [3.8, 4) is 11.5 Å². The topological polar surface area (TPSA) is 81.4 Å². The van der Waals surface area contributed by atoms with E-state index in [1.165, 1.54) is 17.5 Å². The minimum Gasteiger partial charge on any atom is -0.493 e. The SMILES string of the molecule is COc1ccc(C(c2nnnn2C2CCCC2)N2CCN(c3nc4ccccc4s3)CC2)cc1OC. The van der Waals surface area contributed by atoms with Gasteiger partial charge in [-0.3, -0.25) is 4.90 Å². The van der Waals surface area contributed by atoms with Crippen molar-refractivity contribution < 1.29 is 9.47 Å². The summed E-state index contributed by atoms with van der Waals surface area (Å²) in [6.45, 7) is 3.56. The number of benzene rings is 2. The van der Waals surface area contributed by atoms with Crippen LogP contribution in [0.4, 0.5) is 5.13 Å². The Kier molecular flexibility index (Phi) is 6.45. The second-order valence-electron chi connectivity index (χ2n) is 9.42. The Balaban J connectivity index is 1.31. The molecule has 10 heteroatoms. The van der Waals surface area contributed by atoms with Gasteiger partial charge in [-0.25, -0.2) is 9.67 Å². The summed E-state index contributed by atoms with van der Waals surface area (Å²) in [4.78, 5) is 9.77. The van der Waals surface area contributed by atoms with Gasteiger partial charge < -0.3 is 14.4 Å². The van der Waals surface area contributed by atoms with Gasteiger partial charge in [0, 0.05) is 26.2 Å². The van der Waals surface area contributed by atoms with Crippen LogP contribution in [-0.2, 0) is 0 Å². The van der Waals surface area contributed by atoms with Crippen molar-refractivity contribution in [3.05, 3.63) is 53.9 Å². The third-order valence-corrected chi connectivity index (χ3v) is 8.49. The van der Waals surface area contributed by atoms with Crippen LogP contribution in [0.3, 0.4) is 0 Å². The molecular formula is C26H31N7O2S. The number of fused-ring (bicyclic) bond motifs is 1. The molecule has 1 aliphatic heterocycles. The van der Waals surface area contributed by atoms with Gasteiger partial charge in [0.25, 0.3) is 0 Å². The molecular weight excluding hydrogens is 474 g/mol. The molecule has 1 unspecified atom stereocenters. The zero-order chi connectivity index (χ0) is 24.5. The van der Waals surface area contributed by atoms with E-state index in [1.807, 2.05) is 12.1 Å². The van der Waals surface area contributed by atoms with Crippen molar-refractivity contribution in [2.45, 2.75) is 37.8 Å². The van der Waals surface area contributed by atoms with E-state index in [1.54, 1.807) is 25.6 Å². The highest BCUT2D eigenvalue weighted by molar-refractivity contribution is 7.22. The lowest BCUT2D eigenvalue weighted by molar-refractivity contribution is 0.197. The first-order valence-electron chi connectivity index (χ1n) is 12.6. The summed E-state index contributed by atoms with van der Waals surface area (Å²) in [5.74, 6) is 2.34. The lowest BCUT2D eigenvalue weighted by atomic mass is 10.0. The molecule has 2 aromatic carbocycles. The van der Waals surface area contributed by atoms with Gasteiger partial charge in [-0.15, -0.1) is 5.10 Å². The molecule has 6 rings (SSSR count). The van der Waals surface area contributed by atoms with Crippen LogP contribution in [0.15, 0.2) is 42.5 Å². The van der Waals surface area contributed by atoms with Crippen LogP contribution in [0.1, 0.15) is 49.2 Å². The van der Waals surface area contributed by atoms with Gasteiger partial charge in [-0.1, -0.05) is 42.4 Å². The van der Waals surface area contributed by atoms with Crippen LogP contribution in [0.5, 0.6) is 11.5 Å². The number of hydrogen-bond acceptors (Lipinski definition) is 9. The first-order valence-corrected chi connectivity index (χ1v) is 13.4. The summed E-state index contributed by atoms with van der Waals surface area (Å²) < 4.78 is 14.5. The molecule has 0 radical (unpaired) electrons. The number of tetrazole rings is 1. The van der Waals surface area contributed by atoms with Gasteiger partial charge in [-0.2, -0.15) is 0 Å². The maximum Gasteiger partial charge on any atom is 0.186 e. The fourth-order valence-corrected chi connectivity index (χ4v) is 6.52. The first-order chi connectivity index (χ1) is 17.7. The zero-order valence-electron chi connectivity index (χ0n) is 20.7. The molecule has 188 valence electrons. The van der Waals surface area contributed by atoms with Crippen LogP contribution in [-0.4, -0.2) is 70.5 Å². The number of piperazine rings is 1. The maximum atomic E-state index is 5.65. The number of anilines is 1. The molecule has 3 heterocycles. The third-order valence-electron chi connectivity index (χ3n) is 7.39. The van der Waals surface area contributed by atoms with Crippen molar-refractivity contribution in [2.75, 3.05) is 45.3 Å². The Morgan fingerprint density at radius 1 is 0.944 bits per heavy atom. The van der Waals surface area contributed by atoms with E-state index in [0.717, 1.165) is 66.8 Å². The average Bonchev–Trinajstić information content (AvgIpc) is 3.70. The monoisotopic (exact) mass is 505 g/mol. The lowest BCUT2D eigenvalue weighted by Crippen LogP contribution is -2.48. The maximum absolute atomic E-state index is 5.65. The van der Waals surface area contributed by atoms with Gasteiger partial charge in [0.15, 0.2) is 22.5 Å². The van der Waals surface area contributed by atoms with Crippen LogP contribution in [0.25, 0.3) is 10.2 Å². The quantitative estimate of drug-likeness (QED) is 0.367. The van der Waals surface area contributed by atoms with E-state index in [9.17, 15) is 0 Å². The Morgan fingerprint density at radius 2 is 1.72 bits per heavy atom. The summed E-state index contributed by atoms with van der Waals surface area (Å²) in [6, 6.07) is 14.8. The summed E-state index contributed by atoms with van der Waals surface area (Å²) in [5.41, 5.74) is 2.18. The Bertz CT molecular complexity index is 1290. The van der Waals surface area contributed by atoms with Gasteiger partial charge in [0.2, 0.25) is 0 Å². The van der Waals surface area contributed by atoms with E-state index in [0.29, 0.717) is 11.8 Å². The summed E-state index contributed by atoms with van der Waals surface area (Å²) >= 11 is 1.77. The Morgan fingerprint density at radius 3 is 2.47 bits per heavy atom. The number of aromatic nitrogens is 5. The number of nitrogens with zero attached hydrogens (tertiary/aromatic N) is 7. The highest BCUT2D eigenvalue weighted by Crippen LogP contribution is 2.38. The molecule has 4 aromatic rings. The number of hydrogen-bond donors (Lipinski definition) is 0. The van der Waals surface area contributed by atoms with E-state index in [2.05, 4.69) is 60.3 Å². The van der Waals surface area contributed by atoms with Crippen LogP contribution in [0.2, 0.25) is 0 Å². The van der Waals surface area contributed by atoms with Crippen LogP contribution in [0, 0.1) is 0 Å². The molecule has 1 aliphatic carbocycles. The van der Waals surface area contributed by atoms with E-state index < -0.39 is 0 Å². The average molecular weight is 506 g/mol. The van der Waals surface area contributed by atoms with Gasteiger partial charge in [0.1, 0.15) is 0 Å². The standard InChI is InChI=1S/C26H31N7O2S/c1-34-21-12-11-18(17-22(21)35-2)24(25-28-29-30-33(25)19-7-3-4-8-19)31-13-15-32(16-14-31)26-27-20-9-5-6-10-23(20)36-26/h5-6,9-12,17,19,24H,3-4,7-8,13-16H2,1-2H3. The second kappa shape index (κ2) is 10.0. The van der Waals surface area contributed by atoms with Crippen molar-refractivity contribution in [2.24, 2.45) is 0 Å². The number of methoxy groups -OCH3 is 2. The molecule has 9 nitrogen and oxygen atoms in total. The van der Waals surface area contributed by atoms with E-state index in [4.69, 9.17) is 14.5 Å². The number of rotatable bonds is 7. The largest absolute Gasteiger partial charge is 0.493 e. The Labute approximate surface area is 214 Å². The molecule has 0 amide bonds. The highest BCUT2D eigenvalue weighted by Gasteiger charge is 2.34. The van der Waals surface area contributed by atoms with E-state index >= 15 is 0 Å². The van der Waals surface area contributed by atoms with Gasteiger partial charge in [0.05, 0.1) is 36.5 Å². The number of thiazole rings is 1. The smallest absolute Gasteiger partial charge is 0.186 e. The molecule has 1 atom stereocenters. The molecule has 2 fully saturated rings. The first kappa shape index (κ1) is 23.2. The molecule has 0 spiro atoms. The van der Waals surface area contributed by atoms with Gasteiger partial charge >= 0.3 is 0 Å². The Hall–Kier alpha value is -3.24. The summed E-state index contributed by atoms with van der Waals surface area (Å²) in [5, 5.41) is 14.3. The van der Waals surface area contributed by atoms with Crippen molar-refractivity contribution >= 4 is 26.7 Å². The van der Waals surface area contributed by atoms with Gasteiger partial charge in [-0.05, 0) is 53.1 Å². The fourth-order valence-electron chi connectivity index (χ4n) is 5.50. The molecule has 2 aromatic heterocycles. The predicted molar refractivity (Wildman–Crippen MR) is 140 cm³/mol. The molecule has 36 heavy (non-hydrogen) atoms. The minimum atomic E-state index is -0.0714. The predicted octanol–water partition coefficient (Wildman–Crippen LogP) is 4.33. The van der Waals surface area contributed by atoms with Crippen LogP contribution < -0.4 is 14.4 Å². The van der Waals surface area contributed by atoms with Crippen molar-refractivity contribution in [3.63, 3.8) is 0 Å². The molecule has 1 saturated heterocycles. The molecule has 1 saturated carbocycles. The molecule has 0 bridgehead atoms. The normalized spacial score (nSPS) is 18.1. The number of para-hydroxylation sites is 1. The van der Waals surface area contributed by atoms with Crippen molar-refractivity contribution in [1.82, 2.24) is 30.1 Å². The highest BCUT2D eigenvalue weighted by atomic mass is 32.1.